The van der Waals surface area contributed by atoms with E-state index in [1.807, 2.05) is 19.1 Å². The van der Waals surface area contributed by atoms with E-state index >= 15 is 0 Å². The van der Waals surface area contributed by atoms with Crippen LogP contribution in [0.1, 0.15) is 11.4 Å². The zero-order valence-electron chi connectivity index (χ0n) is 17.0. The number of hydrogen-bond donors (Lipinski definition) is 0. The molecule has 1 aromatic carbocycles. The third kappa shape index (κ3) is 3.83. The number of halogens is 1. The molecule has 0 radical (unpaired) electrons. The summed E-state index contributed by atoms with van der Waals surface area (Å²) >= 11 is 0. The van der Waals surface area contributed by atoms with Gasteiger partial charge < -0.3 is 9.80 Å². The van der Waals surface area contributed by atoms with E-state index in [-0.39, 0.29) is 11.4 Å². The molecule has 3 aromatic heterocycles. The van der Waals surface area contributed by atoms with E-state index in [1.165, 1.54) is 22.9 Å². The highest BCUT2D eigenvalue weighted by Gasteiger charge is 2.20. The van der Waals surface area contributed by atoms with Gasteiger partial charge in [0.1, 0.15) is 17.5 Å². The minimum atomic E-state index is -0.302. The van der Waals surface area contributed by atoms with Crippen LogP contribution in [0.2, 0.25) is 0 Å². The van der Waals surface area contributed by atoms with E-state index in [0.29, 0.717) is 6.54 Å². The van der Waals surface area contributed by atoms with Gasteiger partial charge in [0.2, 0.25) is 0 Å². The highest BCUT2D eigenvalue weighted by molar-refractivity contribution is 5.48. The van der Waals surface area contributed by atoms with Gasteiger partial charge in [-0.1, -0.05) is 12.1 Å². The van der Waals surface area contributed by atoms with E-state index in [2.05, 4.69) is 30.2 Å². The van der Waals surface area contributed by atoms with Gasteiger partial charge in [0.15, 0.2) is 11.5 Å². The van der Waals surface area contributed by atoms with Gasteiger partial charge in [0.25, 0.3) is 5.56 Å². The number of benzene rings is 1. The van der Waals surface area contributed by atoms with Crippen LogP contribution in [-0.4, -0.2) is 55.8 Å². The summed E-state index contributed by atoms with van der Waals surface area (Å²) in [6, 6.07) is 13.3. The molecule has 1 aliphatic heterocycles. The van der Waals surface area contributed by atoms with Crippen LogP contribution in [0.3, 0.4) is 0 Å². The van der Waals surface area contributed by atoms with Crippen LogP contribution in [-0.2, 0) is 6.54 Å². The molecule has 0 bridgehead atoms. The number of nitrogens with zero attached hydrogens (tertiary/aromatic N) is 8. The van der Waals surface area contributed by atoms with Gasteiger partial charge in [-0.3, -0.25) is 4.79 Å². The Hall–Kier alpha value is -3.82. The molecule has 4 aromatic rings. The van der Waals surface area contributed by atoms with Crippen molar-refractivity contribution >= 4 is 17.3 Å². The minimum absolute atomic E-state index is 0.187. The summed E-state index contributed by atoms with van der Waals surface area (Å²) in [6.07, 6.45) is 0. The molecule has 0 atom stereocenters. The average Bonchev–Trinajstić information content (AvgIpc) is 3.17. The summed E-state index contributed by atoms with van der Waals surface area (Å²) in [5.41, 5.74) is 1.37. The molecule has 4 heterocycles. The van der Waals surface area contributed by atoms with Crippen LogP contribution in [0.5, 0.6) is 0 Å². The fraction of sp³-hybridized carbons (Fsp3) is 0.286. The summed E-state index contributed by atoms with van der Waals surface area (Å²) in [5.74, 6) is 2.08. The first-order chi connectivity index (χ1) is 15.1. The maximum atomic E-state index is 13.1. The summed E-state index contributed by atoms with van der Waals surface area (Å²) in [4.78, 5) is 16.6. The number of fused-ring (bicyclic) bond motifs is 1. The van der Waals surface area contributed by atoms with Gasteiger partial charge in [0, 0.05) is 32.2 Å². The fourth-order valence-corrected chi connectivity index (χ4v) is 3.70. The van der Waals surface area contributed by atoms with Gasteiger partial charge in [-0.05, 0) is 42.8 Å². The number of piperazine rings is 1. The molecular weight excluding hydrogens is 399 g/mol. The summed E-state index contributed by atoms with van der Waals surface area (Å²) in [6.45, 7) is 5.23. The predicted octanol–water partition coefficient (Wildman–Crippen LogP) is 1.50. The first kappa shape index (κ1) is 19.2. The molecule has 0 aliphatic carbocycles. The van der Waals surface area contributed by atoms with E-state index in [0.717, 1.165) is 54.8 Å². The predicted molar refractivity (Wildman–Crippen MR) is 114 cm³/mol. The molecule has 9 nitrogen and oxygen atoms in total. The van der Waals surface area contributed by atoms with E-state index in [4.69, 9.17) is 0 Å². The molecule has 5 rings (SSSR count). The van der Waals surface area contributed by atoms with Crippen LogP contribution in [0.4, 0.5) is 16.0 Å². The molecule has 1 fully saturated rings. The molecular formula is C21H21FN8O. The van der Waals surface area contributed by atoms with Gasteiger partial charge in [-0.25, -0.2) is 9.07 Å². The number of aromatic nitrogens is 6. The van der Waals surface area contributed by atoms with Crippen molar-refractivity contribution in [1.82, 2.24) is 29.6 Å². The molecule has 0 amide bonds. The van der Waals surface area contributed by atoms with Crippen LogP contribution in [0.15, 0.2) is 53.3 Å². The van der Waals surface area contributed by atoms with E-state index in [1.54, 1.807) is 22.7 Å². The minimum Gasteiger partial charge on any atom is -0.352 e. The van der Waals surface area contributed by atoms with Crippen molar-refractivity contribution in [3.63, 3.8) is 0 Å². The Kier molecular flexibility index (Phi) is 4.81. The quantitative estimate of drug-likeness (QED) is 0.495. The zero-order valence-corrected chi connectivity index (χ0v) is 17.0. The zero-order chi connectivity index (χ0) is 21.4. The summed E-state index contributed by atoms with van der Waals surface area (Å²) < 4.78 is 16.3. The monoisotopic (exact) mass is 420 g/mol. The van der Waals surface area contributed by atoms with Crippen molar-refractivity contribution in [2.24, 2.45) is 0 Å². The topological polar surface area (TPSA) is 84.5 Å². The first-order valence-electron chi connectivity index (χ1n) is 10.1. The third-order valence-electron chi connectivity index (χ3n) is 5.43. The van der Waals surface area contributed by atoms with Gasteiger partial charge in [-0.15, -0.1) is 15.3 Å². The lowest BCUT2D eigenvalue weighted by Gasteiger charge is -2.35. The molecule has 0 spiro atoms. The van der Waals surface area contributed by atoms with Crippen LogP contribution in [0, 0.1) is 12.7 Å². The van der Waals surface area contributed by atoms with Crippen molar-refractivity contribution in [2.45, 2.75) is 13.5 Å². The standard InChI is InChI=1S/C21H21FN8O/c1-15-23-24-18-6-7-20(26-30(15)18)28-12-10-27(11-13-28)19-8-9-21(31)29(25-19)14-16-2-4-17(22)5-3-16/h2-9H,10-14H2,1H3. The summed E-state index contributed by atoms with van der Waals surface area (Å²) in [5, 5.41) is 17.3. The molecule has 10 heteroatoms. The second-order valence-corrected chi connectivity index (χ2v) is 7.50. The Balaban J connectivity index is 1.30. The third-order valence-corrected chi connectivity index (χ3v) is 5.43. The largest absolute Gasteiger partial charge is 0.352 e. The van der Waals surface area contributed by atoms with Gasteiger partial charge >= 0.3 is 0 Å². The van der Waals surface area contributed by atoms with Crippen molar-refractivity contribution in [1.29, 1.82) is 0 Å². The second-order valence-electron chi connectivity index (χ2n) is 7.50. The Bertz CT molecular complexity index is 1270. The van der Waals surface area contributed by atoms with Crippen molar-refractivity contribution in [3.8, 4) is 0 Å². The Morgan fingerprint density at radius 3 is 2.19 bits per heavy atom. The molecule has 1 saturated heterocycles. The Labute approximate surface area is 177 Å². The highest BCUT2D eigenvalue weighted by atomic mass is 19.1. The van der Waals surface area contributed by atoms with E-state index < -0.39 is 0 Å². The second kappa shape index (κ2) is 7.78. The highest BCUT2D eigenvalue weighted by Crippen LogP contribution is 2.18. The fourth-order valence-electron chi connectivity index (χ4n) is 3.70. The molecule has 0 unspecified atom stereocenters. The van der Waals surface area contributed by atoms with Crippen LogP contribution < -0.4 is 15.4 Å². The molecule has 158 valence electrons. The van der Waals surface area contributed by atoms with Crippen molar-refractivity contribution in [2.75, 3.05) is 36.0 Å². The molecule has 0 saturated carbocycles. The smallest absolute Gasteiger partial charge is 0.267 e. The lowest BCUT2D eigenvalue weighted by molar-refractivity contribution is 0.595. The number of aryl methyl sites for hydroxylation is 1. The first-order valence-corrected chi connectivity index (χ1v) is 10.1. The SMILES string of the molecule is Cc1nnc2ccc(N3CCN(c4ccc(=O)n(Cc5ccc(F)cc5)n4)CC3)nn12. The number of anilines is 2. The lowest BCUT2D eigenvalue weighted by Crippen LogP contribution is -2.47. The van der Waals surface area contributed by atoms with Gasteiger partial charge in [-0.2, -0.15) is 9.61 Å². The normalized spacial score (nSPS) is 14.4. The molecule has 0 N–H and O–H groups in total. The Morgan fingerprint density at radius 1 is 0.839 bits per heavy atom. The van der Waals surface area contributed by atoms with Crippen LogP contribution in [0.25, 0.3) is 5.65 Å². The maximum absolute atomic E-state index is 13.1. The molecule has 31 heavy (non-hydrogen) atoms. The van der Waals surface area contributed by atoms with Gasteiger partial charge in [0.05, 0.1) is 6.54 Å². The van der Waals surface area contributed by atoms with Crippen molar-refractivity contribution < 1.29 is 4.39 Å². The summed E-state index contributed by atoms with van der Waals surface area (Å²) in [7, 11) is 0. The van der Waals surface area contributed by atoms with Crippen LogP contribution >= 0.6 is 0 Å². The number of rotatable bonds is 4. The molecule has 1 aliphatic rings. The maximum Gasteiger partial charge on any atom is 0.267 e. The Morgan fingerprint density at radius 2 is 1.48 bits per heavy atom. The van der Waals surface area contributed by atoms with E-state index in [9.17, 15) is 9.18 Å². The number of hydrogen-bond acceptors (Lipinski definition) is 7. The van der Waals surface area contributed by atoms with Crippen molar-refractivity contribution in [3.05, 3.63) is 76.1 Å². The lowest BCUT2D eigenvalue weighted by atomic mass is 10.2. The average molecular weight is 420 g/mol.